The zero-order valence-corrected chi connectivity index (χ0v) is 9.02. The molecule has 0 amide bonds. The first-order valence-electron chi connectivity index (χ1n) is 4.46. The summed E-state index contributed by atoms with van der Waals surface area (Å²) in [5, 5.41) is 21.5. The Morgan fingerprint density at radius 2 is 2.18 bits per heavy atom. The highest BCUT2D eigenvalue weighted by molar-refractivity contribution is 6.30. The number of hydrogen-bond acceptors (Lipinski definition) is 3. The van der Waals surface area contributed by atoms with Crippen molar-refractivity contribution in [2.75, 3.05) is 0 Å². The predicted molar refractivity (Wildman–Crippen MR) is 57.2 cm³/mol. The van der Waals surface area contributed by atoms with Crippen molar-refractivity contribution in [3.05, 3.63) is 40.9 Å². The molecule has 0 saturated heterocycles. The summed E-state index contributed by atoms with van der Waals surface area (Å²) in [5.74, 6) is -2.42. The van der Waals surface area contributed by atoms with Gasteiger partial charge in [0, 0.05) is 0 Å². The molecule has 2 rings (SSSR count). The third-order valence-electron chi connectivity index (χ3n) is 2.07. The van der Waals surface area contributed by atoms with E-state index in [1.807, 2.05) is 0 Å². The van der Waals surface area contributed by atoms with E-state index in [0.717, 1.165) is 16.9 Å². The van der Waals surface area contributed by atoms with Crippen molar-refractivity contribution in [2.45, 2.75) is 0 Å². The minimum Gasteiger partial charge on any atom is -0.504 e. The van der Waals surface area contributed by atoms with Gasteiger partial charge in [-0.05, 0) is 18.2 Å². The van der Waals surface area contributed by atoms with E-state index in [1.54, 1.807) is 0 Å². The Morgan fingerprint density at radius 3 is 2.71 bits per heavy atom. The van der Waals surface area contributed by atoms with E-state index in [0.29, 0.717) is 5.69 Å². The molecular weight excluding hydrogens is 251 g/mol. The highest BCUT2D eigenvalue weighted by atomic mass is 35.5. The zero-order chi connectivity index (χ0) is 12.6. The summed E-state index contributed by atoms with van der Waals surface area (Å²) in [6.07, 6.45) is 1.10. The molecule has 2 aromatic rings. The monoisotopic (exact) mass is 256 g/mol. The number of halogens is 2. The molecule has 2 N–H and O–H groups in total. The SMILES string of the molecule is O=C(O)c1nn(-c2ccc(F)c(Cl)c2)cc1O. The molecule has 0 fully saturated rings. The van der Waals surface area contributed by atoms with Crippen LogP contribution in [-0.2, 0) is 0 Å². The number of nitrogens with zero attached hydrogens (tertiary/aromatic N) is 2. The fourth-order valence-corrected chi connectivity index (χ4v) is 1.45. The third kappa shape index (κ3) is 2.07. The van der Waals surface area contributed by atoms with Crippen LogP contribution in [0.2, 0.25) is 5.02 Å². The summed E-state index contributed by atoms with van der Waals surface area (Å²) in [7, 11) is 0. The van der Waals surface area contributed by atoms with Crippen LogP contribution in [0.1, 0.15) is 10.5 Å². The summed E-state index contributed by atoms with van der Waals surface area (Å²) in [4.78, 5) is 10.7. The molecule has 0 bridgehead atoms. The van der Waals surface area contributed by atoms with Crippen LogP contribution in [0, 0.1) is 5.82 Å². The number of carboxylic acids is 1. The van der Waals surface area contributed by atoms with Crippen LogP contribution in [0.3, 0.4) is 0 Å². The Labute approximate surface area is 99.7 Å². The highest BCUT2D eigenvalue weighted by Gasteiger charge is 2.16. The second-order valence-corrected chi connectivity index (χ2v) is 3.62. The van der Waals surface area contributed by atoms with E-state index in [9.17, 15) is 14.3 Å². The molecule has 1 heterocycles. The number of aromatic carboxylic acids is 1. The van der Waals surface area contributed by atoms with Gasteiger partial charge in [-0.2, -0.15) is 5.10 Å². The van der Waals surface area contributed by atoms with Crippen molar-refractivity contribution in [3.8, 4) is 11.4 Å². The maximum atomic E-state index is 12.9. The van der Waals surface area contributed by atoms with Crippen LogP contribution in [0.15, 0.2) is 24.4 Å². The van der Waals surface area contributed by atoms with Gasteiger partial charge in [-0.3, -0.25) is 0 Å². The summed E-state index contributed by atoms with van der Waals surface area (Å²) in [6, 6.07) is 3.76. The summed E-state index contributed by atoms with van der Waals surface area (Å²) >= 11 is 5.58. The van der Waals surface area contributed by atoms with Gasteiger partial charge in [0.2, 0.25) is 5.69 Å². The Balaban J connectivity index is 2.50. The highest BCUT2D eigenvalue weighted by Crippen LogP contribution is 2.21. The maximum Gasteiger partial charge on any atom is 0.360 e. The maximum absolute atomic E-state index is 12.9. The lowest BCUT2D eigenvalue weighted by Gasteiger charge is -2.01. The Bertz CT molecular complexity index is 597. The van der Waals surface area contributed by atoms with Crippen LogP contribution in [0.5, 0.6) is 5.75 Å². The Hall–Kier alpha value is -2.08. The molecule has 0 aliphatic heterocycles. The lowest BCUT2D eigenvalue weighted by Crippen LogP contribution is -2.01. The number of rotatable bonds is 2. The number of carboxylic acid groups (broad SMARTS) is 1. The molecule has 1 aromatic carbocycles. The summed E-state index contributed by atoms with van der Waals surface area (Å²) in [6.45, 7) is 0. The van der Waals surface area contributed by atoms with Crippen molar-refractivity contribution in [1.82, 2.24) is 9.78 Å². The molecule has 0 atom stereocenters. The molecule has 1 aromatic heterocycles. The normalized spacial score (nSPS) is 10.5. The first kappa shape index (κ1) is 11.4. The van der Waals surface area contributed by atoms with E-state index in [1.165, 1.54) is 12.1 Å². The number of aromatic nitrogens is 2. The molecule has 0 unspecified atom stereocenters. The Kier molecular flexibility index (Phi) is 2.72. The zero-order valence-electron chi connectivity index (χ0n) is 8.26. The van der Waals surface area contributed by atoms with Crippen molar-refractivity contribution in [2.24, 2.45) is 0 Å². The molecule has 0 spiro atoms. The molecule has 7 heteroatoms. The van der Waals surface area contributed by atoms with Crippen molar-refractivity contribution in [1.29, 1.82) is 0 Å². The van der Waals surface area contributed by atoms with Crippen LogP contribution in [0.4, 0.5) is 4.39 Å². The van der Waals surface area contributed by atoms with Gasteiger partial charge in [-0.15, -0.1) is 0 Å². The van der Waals surface area contributed by atoms with E-state index in [-0.39, 0.29) is 5.02 Å². The van der Waals surface area contributed by atoms with E-state index in [4.69, 9.17) is 16.7 Å². The van der Waals surface area contributed by atoms with Crippen molar-refractivity contribution in [3.63, 3.8) is 0 Å². The average Bonchev–Trinajstić information content (AvgIpc) is 2.64. The number of benzene rings is 1. The molecule has 0 aliphatic rings. The number of carbonyl (C=O) groups is 1. The Morgan fingerprint density at radius 1 is 1.47 bits per heavy atom. The van der Waals surface area contributed by atoms with Crippen molar-refractivity contribution < 1.29 is 19.4 Å². The largest absolute Gasteiger partial charge is 0.504 e. The van der Waals surface area contributed by atoms with Gasteiger partial charge < -0.3 is 10.2 Å². The van der Waals surface area contributed by atoms with E-state index in [2.05, 4.69) is 5.10 Å². The molecule has 0 saturated carbocycles. The fourth-order valence-electron chi connectivity index (χ4n) is 1.28. The van der Waals surface area contributed by atoms with Crippen molar-refractivity contribution >= 4 is 17.6 Å². The standard InChI is InChI=1S/C10H6ClFN2O3/c11-6-3-5(1-2-7(6)12)14-4-8(15)9(13-14)10(16)17/h1-4,15H,(H,16,17). The van der Waals surface area contributed by atoms with Gasteiger partial charge in [0.1, 0.15) is 5.82 Å². The van der Waals surface area contributed by atoms with Crippen LogP contribution >= 0.6 is 11.6 Å². The topological polar surface area (TPSA) is 75.3 Å². The minimum atomic E-state index is -1.35. The van der Waals surface area contributed by atoms with Gasteiger partial charge in [0.15, 0.2) is 5.75 Å². The molecule has 17 heavy (non-hydrogen) atoms. The second-order valence-electron chi connectivity index (χ2n) is 3.21. The van der Waals surface area contributed by atoms with Gasteiger partial charge in [0.05, 0.1) is 16.9 Å². The predicted octanol–water partition coefficient (Wildman–Crippen LogP) is 2.07. The molecule has 88 valence electrons. The van der Waals surface area contributed by atoms with E-state index >= 15 is 0 Å². The van der Waals surface area contributed by atoms with Crippen LogP contribution in [0.25, 0.3) is 5.69 Å². The van der Waals surface area contributed by atoms with Gasteiger partial charge in [-0.25, -0.2) is 13.9 Å². The smallest absolute Gasteiger partial charge is 0.360 e. The minimum absolute atomic E-state index is 0.116. The first-order chi connectivity index (χ1) is 7.99. The fraction of sp³-hybridized carbons (Fsp3) is 0. The first-order valence-corrected chi connectivity index (χ1v) is 4.84. The van der Waals surface area contributed by atoms with Gasteiger partial charge in [-0.1, -0.05) is 11.6 Å². The van der Waals surface area contributed by atoms with E-state index < -0.39 is 23.2 Å². The van der Waals surface area contributed by atoms with Gasteiger partial charge in [0.25, 0.3) is 0 Å². The number of hydrogen-bond donors (Lipinski definition) is 2. The molecule has 0 aliphatic carbocycles. The second kappa shape index (κ2) is 4.06. The van der Waals surface area contributed by atoms with Crippen LogP contribution in [-0.4, -0.2) is 26.0 Å². The number of aromatic hydroxyl groups is 1. The molecule has 5 nitrogen and oxygen atoms in total. The lowest BCUT2D eigenvalue weighted by molar-refractivity contribution is 0.0687. The quantitative estimate of drug-likeness (QED) is 0.862. The molecular formula is C10H6ClFN2O3. The van der Waals surface area contributed by atoms with Gasteiger partial charge >= 0.3 is 5.97 Å². The third-order valence-corrected chi connectivity index (χ3v) is 2.35. The average molecular weight is 257 g/mol. The summed E-state index contributed by atoms with van der Waals surface area (Å²) in [5.41, 5.74) is -0.135. The lowest BCUT2D eigenvalue weighted by atomic mass is 10.3. The van der Waals surface area contributed by atoms with Crippen LogP contribution < -0.4 is 0 Å². The molecule has 0 radical (unpaired) electrons. The summed E-state index contributed by atoms with van der Waals surface area (Å²) < 4.78 is 14.0.